The quantitative estimate of drug-likeness (QED) is 0.553. The van der Waals surface area contributed by atoms with Crippen molar-refractivity contribution in [2.45, 2.75) is 11.3 Å². The van der Waals surface area contributed by atoms with E-state index in [9.17, 15) is 27.7 Å². The molecule has 0 radical (unpaired) electrons. The van der Waals surface area contributed by atoms with Gasteiger partial charge in [0.2, 0.25) is 15.9 Å². The number of primary sulfonamides is 1. The molecule has 21 heavy (non-hydrogen) atoms. The van der Waals surface area contributed by atoms with Crippen molar-refractivity contribution in [2.24, 2.45) is 5.14 Å². The molecule has 0 unspecified atom stereocenters. The molecule has 0 fully saturated rings. The van der Waals surface area contributed by atoms with E-state index in [1.807, 2.05) is 0 Å². The van der Waals surface area contributed by atoms with E-state index in [1.165, 1.54) is 7.05 Å². The first-order chi connectivity index (χ1) is 9.66. The third-order valence-electron chi connectivity index (χ3n) is 2.38. The summed E-state index contributed by atoms with van der Waals surface area (Å²) in [4.78, 5) is 19.9. The zero-order valence-corrected chi connectivity index (χ0v) is 11.6. The number of nitrogens with one attached hydrogen (secondary N) is 1. The maximum Gasteiger partial charge on any atom is 0.312 e. The van der Waals surface area contributed by atoms with Crippen molar-refractivity contribution >= 4 is 21.6 Å². The van der Waals surface area contributed by atoms with Crippen LogP contribution in [0.2, 0.25) is 0 Å². The highest BCUT2D eigenvalue weighted by molar-refractivity contribution is 7.89. The van der Waals surface area contributed by atoms with Crippen LogP contribution in [-0.2, 0) is 14.8 Å². The number of hydrogen-bond acceptors (Lipinski definition) is 6. The smallest absolute Gasteiger partial charge is 0.312 e. The number of benzene rings is 1. The molecule has 0 aromatic heterocycles. The predicted octanol–water partition coefficient (Wildman–Crippen LogP) is -0.104. The zero-order valence-electron chi connectivity index (χ0n) is 10.8. The molecular weight excluding hydrogens is 309 g/mol. The standard InChI is InChI=1S/C10H12FN3O6S/c1-13-10(15)2-3-20-8-4-6(11)9(21(12,18)19)5-7(8)14(16)17/h4-5H,2-3H2,1H3,(H,13,15)(H2,12,18,19). The lowest BCUT2D eigenvalue weighted by atomic mass is 10.3. The number of carbonyl (C=O) groups excluding carboxylic acids is 1. The van der Waals surface area contributed by atoms with Crippen molar-refractivity contribution in [1.29, 1.82) is 0 Å². The third kappa shape index (κ3) is 4.36. The monoisotopic (exact) mass is 321 g/mol. The van der Waals surface area contributed by atoms with E-state index < -0.39 is 37.1 Å². The van der Waals surface area contributed by atoms with Gasteiger partial charge in [0.1, 0.15) is 10.7 Å². The molecule has 0 spiro atoms. The molecule has 11 heteroatoms. The second-order valence-electron chi connectivity index (χ2n) is 3.82. The summed E-state index contributed by atoms with van der Waals surface area (Å²) >= 11 is 0. The molecule has 0 saturated carbocycles. The Morgan fingerprint density at radius 3 is 2.62 bits per heavy atom. The van der Waals surface area contributed by atoms with Gasteiger partial charge < -0.3 is 10.1 Å². The van der Waals surface area contributed by atoms with Crippen molar-refractivity contribution in [1.82, 2.24) is 5.32 Å². The van der Waals surface area contributed by atoms with Gasteiger partial charge in [-0.1, -0.05) is 0 Å². The lowest BCUT2D eigenvalue weighted by molar-refractivity contribution is -0.386. The van der Waals surface area contributed by atoms with Gasteiger partial charge in [-0.05, 0) is 0 Å². The van der Waals surface area contributed by atoms with Crippen LogP contribution in [0.15, 0.2) is 17.0 Å². The van der Waals surface area contributed by atoms with Gasteiger partial charge in [0.05, 0.1) is 18.0 Å². The Bertz CT molecular complexity index is 676. The largest absolute Gasteiger partial charge is 0.486 e. The maximum absolute atomic E-state index is 13.6. The summed E-state index contributed by atoms with van der Waals surface area (Å²) in [6.07, 6.45) is -0.105. The minimum Gasteiger partial charge on any atom is -0.486 e. The predicted molar refractivity (Wildman–Crippen MR) is 68.6 cm³/mol. The SMILES string of the molecule is CNC(=O)CCOc1cc(F)c(S(N)(=O)=O)cc1[N+](=O)[O-]. The van der Waals surface area contributed by atoms with E-state index in [4.69, 9.17) is 9.88 Å². The van der Waals surface area contributed by atoms with Crippen LogP contribution >= 0.6 is 0 Å². The number of amides is 1. The number of hydrogen-bond donors (Lipinski definition) is 2. The van der Waals surface area contributed by atoms with Gasteiger partial charge in [0.15, 0.2) is 5.75 Å². The molecular formula is C10H12FN3O6S. The number of nitrogens with two attached hydrogens (primary N) is 1. The van der Waals surface area contributed by atoms with E-state index in [0.717, 1.165) is 0 Å². The molecule has 9 nitrogen and oxygen atoms in total. The number of nitrogens with zero attached hydrogens (tertiary/aromatic N) is 1. The van der Waals surface area contributed by atoms with Gasteiger partial charge in [-0.2, -0.15) is 0 Å². The van der Waals surface area contributed by atoms with Crippen molar-refractivity contribution in [3.63, 3.8) is 0 Å². The van der Waals surface area contributed by atoms with Crippen LogP contribution < -0.4 is 15.2 Å². The van der Waals surface area contributed by atoms with Crippen LogP contribution in [0.4, 0.5) is 10.1 Å². The summed E-state index contributed by atoms with van der Waals surface area (Å²) in [7, 11) is -3.05. The number of ether oxygens (including phenoxy) is 1. The van der Waals surface area contributed by atoms with E-state index in [1.54, 1.807) is 0 Å². The maximum atomic E-state index is 13.6. The molecule has 0 bridgehead atoms. The summed E-state index contributed by atoms with van der Waals surface area (Å²) < 4.78 is 40.7. The summed E-state index contributed by atoms with van der Waals surface area (Å²) in [5.41, 5.74) is -0.766. The molecule has 1 rings (SSSR count). The van der Waals surface area contributed by atoms with E-state index >= 15 is 0 Å². The molecule has 0 aliphatic rings. The molecule has 1 amide bonds. The average Bonchev–Trinajstić information content (AvgIpc) is 2.36. The van der Waals surface area contributed by atoms with E-state index in [0.29, 0.717) is 12.1 Å². The Morgan fingerprint density at radius 1 is 1.52 bits per heavy atom. The van der Waals surface area contributed by atoms with Crippen LogP contribution in [0, 0.1) is 15.9 Å². The Hall–Kier alpha value is -2.27. The number of halogens is 1. The second-order valence-corrected chi connectivity index (χ2v) is 5.35. The lowest BCUT2D eigenvalue weighted by Crippen LogP contribution is -2.20. The normalized spacial score (nSPS) is 11.0. The Kier molecular flexibility index (Phi) is 5.16. The van der Waals surface area contributed by atoms with Gasteiger partial charge in [-0.3, -0.25) is 14.9 Å². The highest BCUT2D eigenvalue weighted by Crippen LogP contribution is 2.31. The Labute approximate surface area is 119 Å². The molecule has 116 valence electrons. The fourth-order valence-electron chi connectivity index (χ4n) is 1.38. The Balaban J connectivity index is 3.12. The third-order valence-corrected chi connectivity index (χ3v) is 3.31. The molecule has 0 atom stereocenters. The van der Waals surface area contributed by atoms with Gasteiger partial charge in [-0.25, -0.2) is 17.9 Å². The fraction of sp³-hybridized carbons (Fsp3) is 0.300. The first-order valence-corrected chi connectivity index (χ1v) is 7.05. The molecule has 0 heterocycles. The van der Waals surface area contributed by atoms with Crippen LogP contribution in [0.25, 0.3) is 0 Å². The van der Waals surface area contributed by atoms with Crippen LogP contribution in [0.5, 0.6) is 5.75 Å². The zero-order chi connectivity index (χ0) is 16.2. The summed E-state index contributed by atoms with van der Waals surface area (Å²) in [6.45, 7) is -0.241. The number of rotatable bonds is 6. The number of nitro groups is 1. The highest BCUT2D eigenvalue weighted by atomic mass is 32.2. The van der Waals surface area contributed by atoms with Crippen LogP contribution in [-0.4, -0.2) is 32.9 Å². The van der Waals surface area contributed by atoms with Gasteiger partial charge in [-0.15, -0.1) is 0 Å². The topological polar surface area (TPSA) is 142 Å². The number of carbonyl (C=O) groups is 1. The van der Waals surface area contributed by atoms with Crippen molar-refractivity contribution in [3.05, 3.63) is 28.1 Å². The average molecular weight is 321 g/mol. The molecule has 1 aromatic rings. The Morgan fingerprint density at radius 2 is 2.14 bits per heavy atom. The fourth-order valence-corrected chi connectivity index (χ4v) is 1.99. The summed E-state index contributed by atoms with van der Waals surface area (Å²) in [5, 5.41) is 17.9. The minimum atomic E-state index is -4.44. The molecule has 3 N–H and O–H groups in total. The van der Waals surface area contributed by atoms with Gasteiger partial charge in [0.25, 0.3) is 0 Å². The second kappa shape index (κ2) is 6.45. The van der Waals surface area contributed by atoms with Crippen molar-refractivity contribution in [3.8, 4) is 5.75 Å². The minimum absolute atomic E-state index is 0.105. The van der Waals surface area contributed by atoms with Crippen LogP contribution in [0.1, 0.15) is 6.42 Å². The number of nitro benzene ring substituents is 1. The molecule has 1 aromatic carbocycles. The van der Waals surface area contributed by atoms with E-state index in [-0.39, 0.29) is 18.9 Å². The first kappa shape index (κ1) is 16.8. The first-order valence-electron chi connectivity index (χ1n) is 5.51. The highest BCUT2D eigenvalue weighted by Gasteiger charge is 2.25. The number of sulfonamides is 1. The molecule has 0 aliphatic heterocycles. The molecule has 0 aliphatic carbocycles. The summed E-state index contributed by atoms with van der Waals surface area (Å²) in [6, 6.07) is 1.02. The van der Waals surface area contributed by atoms with Gasteiger partial charge in [0, 0.05) is 19.2 Å². The summed E-state index contributed by atoms with van der Waals surface area (Å²) in [5.74, 6) is -2.15. The van der Waals surface area contributed by atoms with E-state index in [2.05, 4.69) is 5.32 Å². The van der Waals surface area contributed by atoms with Crippen LogP contribution in [0.3, 0.4) is 0 Å². The lowest BCUT2D eigenvalue weighted by Gasteiger charge is -2.08. The van der Waals surface area contributed by atoms with Crippen molar-refractivity contribution in [2.75, 3.05) is 13.7 Å². The molecule has 0 saturated heterocycles. The van der Waals surface area contributed by atoms with Gasteiger partial charge >= 0.3 is 5.69 Å². The van der Waals surface area contributed by atoms with Crippen molar-refractivity contribution < 1.29 is 27.3 Å².